The fraction of sp³-hybridized carbons (Fsp3) is 0.250. The fourth-order valence-corrected chi connectivity index (χ4v) is 2.84. The van der Waals surface area contributed by atoms with Gasteiger partial charge in [0.15, 0.2) is 0 Å². The van der Waals surface area contributed by atoms with E-state index in [9.17, 15) is 8.42 Å². The Morgan fingerprint density at radius 3 is 2.65 bits per heavy atom. The Morgan fingerprint density at radius 1 is 1.30 bits per heavy atom. The first-order valence-corrected chi connectivity index (χ1v) is 8.24. The number of sulfonamides is 1. The van der Waals surface area contributed by atoms with Crippen molar-refractivity contribution >= 4 is 31.6 Å². The predicted octanol–water partition coefficient (Wildman–Crippen LogP) is 1.67. The second kappa shape index (κ2) is 6.38. The van der Waals surface area contributed by atoms with Crippen LogP contribution in [0.4, 0.5) is 5.69 Å². The summed E-state index contributed by atoms with van der Waals surface area (Å²) in [5.41, 5.74) is 0.510. The van der Waals surface area contributed by atoms with Crippen LogP contribution < -0.4 is 10.0 Å². The Hall–Kier alpha value is -1.38. The van der Waals surface area contributed by atoms with E-state index >= 15 is 0 Å². The average Bonchev–Trinajstić information content (AvgIpc) is 2.88. The first kappa shape index (κ1) is 15.0. The van der Waals surface area contributed by atoms with Crippen molar-refractivity contribution in [2.75, 3.05) is 18.3 Å². The van der Waals surface area contributed by atoms with Gasteiger partial charge in [0.25, 0.3) is 10.0 Å². The molecular weight excluding hydrogens is 344 g/mol. The van der Waals surface area contributed by atoms with Gasteiger partial charge in [0.2, 0.25) is 0 Å². The molecule has 8 heteroatoms. The van der Waals surface area contributed by atoms with Crippen LogP contribution >= 0.6 is 15.9 Å². The van der Waals surface area contributed by atoms with Gasteiger partial charge < -0.3 is 5.32 Å². The first-order chi connectivity index (χ1) is 9.51. The van der Waals surface area contributed by atoms with Crippen molar-refractivity contribution in [3.05, 3.63) is 41.1 Å². The van der Waals surface area contributed by atoms with Crippen LogP contribution in [0, 0.1) is 0 Å². The normalized spacial score (nSPS) is 11.5. The largest absolute Gasteiger partial charge is 0.318 e. The van der Waals surface area contributed by atoms with Gasteiger partial charge >= 0.3 is 0 Å². The molecule has 0 spiro atoms. The van der Waals surface area contributed by atoms with E-state index in [2.05, 4.69) is 31.1 Å². The summed E-state index contributed by atoms with van der Waals surface area (Å²) in [5, 5.41) is 7.00. The van der Waals surface area contributed by atoms with E-state index in [0.717, 1.165) is 11.0 Å². The lowest BCUT2D eigenvalue weighted by molar-refractivity contribution is 0.582. The van der Waals surface area contributed by atoms with Crippen LogP contribution in [0.5, 0.6) is 0 Å². The molecule has 20 heavy (non-hydrogen) atoms. The highest BCUT2D eigenvalue weighted by molar-refractivity contribution is 9.10. The van der Waals surface area contributed by atoms with E-state index in [0.29, 0.717) is 12.2 Å². The molecule has 0 atom stereocenters. The predicted molar refractivity (Wildman–Crippen MR) is 81.1 cm³/mol. The lowest BCUT2D eigenvalue weighted by atomic mass is 10.3. The topological polar surface area (TPSA) is 76.0 Å². The number of nitrogens with zero attached hydrogens (tertiary/aromatic N) is 2. The average molecular weight is 359 g/mol. The maximum absolute atomic E-state index is 12.2. The molecule has 0 unspecified atom stereocenters. The quantitative estimate of drug-likeness (QED) is 0.823. The van der Waals surface area contributed by atoms with Gasteiger partial charge in [0.1, 0.15) is 4.90 Å². The van der Waals surface area contributed by atoms with Crippen molar-refractivity contribution in [2.24, 2.45) is 0 Å². The van der Waals surface area contributed by atoms with E-state index in [1.807, 2.05) is 7.05 Å². The summed E-state index contributed by atoms with van der Waals surface area (Å²) in [5.74, 6) is 0. The second-order valence-corrected chi connectivity index (χ2v) is 6.75. The molecule has 0 aliphatic carbocycles. The van der Waals surface area contributed by atoms with E-state index in [1.165, 1.54) is 12.4 Å². The minimum Gasteiger partial charge on any atom is -0.318 e. The number of hydrogen-bond donors (Lipinski definition) is 2. The van der Waals surface area contributed by atoms with Crippen molar-refractivity contribution in [2.45, 2.75) is 11.4 Å². The molecule has 1 aromatic heterocycles. The van der Waals surface area contributed by atoms with Crippen molar-refractivity contribution in [1.29, 1.82) is 0 Å². The Kier molecular flexibility index (Phi) is 4.79. The standard InChI is InChI=1S/C12H15BrN4O2S/c1-14-6-7-17-9-12(8-15-17)20(18,19)16-11-4-2-10(13)3-5-11/h2-5,8-9,14,16H,6-7H2,1H3. The van der Waals surface area contributed by atoms with Crippen LogP contribution in [0.2, 0.25) is 0 Å². The third-order valence-corrected chi connectivity index (χ3v) is 4.47. The summed E-state index contributed by atoms with van der Waals surface area (Å²) < 4.78 is 29.4. The number of likely N-dealkylation sites (N-methyl/N-ethyl adjacent to an activating group) is 1. The van der Waals surface area contributed by atoms with Crippen molar-refractivity contribution in [1.82, 2.24) is 15.1 Å². The lowest BCUT2D eigenvalue weighted by Crippen LogP contribution is -2.15. The molecule has 1 aromatic carbocycles. The number of halogens is 1. The molecule has 6 nitrogen and oxygen atoms in total. The zero-order valence-electron chi connectivity index (χ0n) is 10.9. The van der Waals surface area contributed by atoms with Crippen LogP contribution in [-0.2, 0) is 16.6 Å². The van der Waals surface area contributed by atoms with Crippen molar-refractivity contribution in [3.8, 4) is 0 Å². The third kappa shape index (κ3) is 3.81. The van der Waals surface area contributed by atoms with Crippen LogP contribution in [0.3, 0.4) is 0 Å². The Morgan fingerprint density at radius 2 is 2.00 bits per heavy atom. The molecule has 0 radical (unpaired) electrons. The number of anilines is 1. The monoisotopic (exact) mass is 358 g/mol. The maximum Gasteiger partial charge on any atom is 0.265 e. The molecule has 0 aliphatic rings. The molecule has 1 heterocycles. The molecule has 0 saturated heterocycles. The number of nitrogens with one attached hydrogen (secondary N) is 2. The van der Waals surface area contributed by atoms with Crippen LogP contribution in [0.1, 0.15) is 0 Å². The highest BCUT2D eigenvalue weighted by atomic mass is 79.9. The Labute approximate surface area is 126 Å². The molecule has 2 rings (SSSR count). The molecule has 0 amide bonds. The fourth-order valence-electron chi connectivity index (χ4n) is 1.56. The van der Waals surface area contributed by atoms with Crippen LogP contribution in [0.15, 0.2) is 46.0 Å². The molecule has 0 fully saturated rings. The SMILES string of the molecule is CNCCn1cc(S(=O)(=O)Nc2ccc(Br)cc2)cn1. The summed E-state index contributed by atoms with van der Waals surface area (Å²) in [4.78, 5) is 0.150. The second-order valence-electron chi connectivity index (χ2n) is 4.16. The van der Waals surface area contributed by atoms with Gasteiger partial charge in [-0.25, -0.2) is 8.42 Å². The molecule has 0 aliphatic heterocycles. The van der Waals surface area contributed by atoms with Gasteiger partial charge in [-0.3, -0.25) is 9.40 Å². The van der Waals surface area contributed by atoms with Gasteiger partial charge in [0.05, 0.1) is 12.7 Å². The molecule has 0 bridgehead atoms. The highest BCUT2D eigenvalue weighted by Gasteiger charge is 2.16. The van der Waals surface area contributed by atoms with Crippen molar-refractivity contribution < 1.29 is 8.42 Å². The number of aromatic nitrogens is 2. The Balaban J connectivity index is 2.13. The number of hydrogen-bond acceptors (Lipinski definition) is 4. The molecule has 2 N–H and O–H groups in total. The third-order valence-electron chi connectivity index (χ3n) is 2.61. The summed E-state index contributed by atoms with van der Waals surface area (Å²) in [6, 6.07) is 6.92. The van der Waals surface area contributed by atoms with E-state index in [4.69, 9.17) is 0 Å². The van der Waals surface area contributed by atoms with Gasteiger partial charge in [-0.1, -0.05) is 15.9 Å². The summed E-state index contributed by atoms with van der Waals surface area (Å²) in [7, 11) is -1.77. The summed E-state index contributed by atoms with van der Waals surface area (Å²) in [6.07, 6.45) is 2.86. The molecular formula is C12H15BrN4O2S. The minimum absolute atomic E-state index is 0.150. The van der Waals surface area contributed by atoms with Crippen LogP contribution in [-0.4, -0.2) is 31.8 Å². The summed E-state index contributed by atoms with van der Waals surface area (Å²) in [6.45, 7) is 1.34. The van der Waals surface area contributed by atoms with Gasteiger partial charge in [-0.05, 0) is 31.3 Å². The molecule has 108 valence electrons. The molecule has 0 saturated carbocycles. The van der Waals surface area contributed by atoms with Crippen LogP contribution in [0.25, 0.3) is 0 Å². The van der Waals surface area contributed by atoms with Gasteiger partial charge in [-0.15, -0.1) is 0 Å². The first-order valence-electron chi connectivity index (χ1n) is 5.97. The maximum atomic E-state index is 12.2. The molecule has 2 aromatic rings. The highest BCUT2D eigenvalue weighted by Crippen LogP contribution is 2.18. The smallest absolute Gasteiger partial charge is 0.265 e. The Bertz CT molecular complexity index is 667. The number of benzene rings is 1. The van der Waals surface area contributed by atoms with Gasteiger partial charge in [-0.2, -0.15) is 5.10 Å². The van der Waals surface area contributed by atoms with E-state index < -0.39 is 10.0 Å². The minimum atomic E-state index is -3.60. The zero-order chi connectivity index (χ0) is 14.6. The van der Waals surface area contributed by atoms with Crippen molar-refractivity contribution in [3.63, 3.8) is 0 Å². The summed E-state index contributed by atoms with van der Waals surface area (Å²) >= 11 is 3.30. The van der Waals surface area contributed by atoms with E-state index in [1.54, 1.807) is 28.9 Å². The number of rotatable bonds is 6. The van der Waals surface area contributed by atoms with Gasteiger partial charge in [0, 0.05) is 22.9 Å². The lowest BCUT2D eigenvalue weighted by Gasteiger charge is -2.06. The van der Waals surface area contributed by atoms with E-state index in [-0.39, 0.29) is 4.90 Å². The zero-order valence-corrected chi connectivity index (χ0v) is 13.3.